The van der Waals surface area contributed by atoms with E-state index in [1.54, 1.807) is 41.3 Å². The molecule has 148 valence electrons. The lowest BCUT2D eigenvalue weighted by atomic mass is 10.1. The van der Waals surface area contributed by atoms with Crippen molar-refractivity contribution >= 4 is 17.6 Å². The molecule has 0 aliphatic carbocycles. The highest BCUT2D eigenvalue weighted by atomic mass is 19.1. The number of benzene rings is 2. The number of nitrogens with zero attached hydrogens (tertiary/aromatic N) is 1. The Morgan fingerprint density at radius 2 is 1.64 bits per heavy atom. The fourth-order valence-electron chi connectivity index (χ4n) is 3.14. The molecule has 6 nitrogen and oxygen atoms in total. The number of hydrogen-bond donors (Lipinski definition) is 2. The van der Waals surface area contributed by atoms with Crippen LogP contribution in [0.3, 0.4) is 0 Å². The molecule has 7 heteroatoms. The van der Waals surface area contributed by atoms with Gasteiger partial charge in [0.15, 0.2) is 0 Å². The van der Waals surface area contributed by atoms with E-state index in [-0.39, 0.29) is 30.0 Å². The minimum Gasteiger partial charge on any atom is -0.372 e. The molecule has 3 amide bonds. The van der Waals surface area contributed by atoms with E-state index in [0.29, 0.717) is 30.9 Å². The van der Waals surface area contributed by atoms with Crippen LogP contribution >= 0.6 is 0 Å². The zero-order valence-electron chi connectivity index (χ0n) is 15.9. The third-order valence-electron chi connectivity index (χ3n) is 4.47. The number of morpholine rings is 1. The van der Waals surface area contributed by atoms with Crippen molar-refractivity contribution in [3.05, 3.63) is 65.5 Å². The SMILES string of the molecule is CC1CN(C(=O)Nc2ccc(C(=O)NCc3ccc(F)cc3)cc2)CC(C)O1. The van der Waals surface area contributed by atoms with Gasteiger partial charge in [0.25, 0.3) is 5.91 Å². The molecule has 0 radical (unpaired) electrons. The molecule has 2 aromatic rings. The summed E-state index contributed by atoms with van der Waals surface area (Å²) in [6, 6.07) is 12.5. The number of hydrogen-bond acceptors (Lipinski definition) is 3. The number of ether oxygens (including phenoxy) is 1. The Bertz CT molecular complexity index is 814. The van der Waals surface area contributed by atoms with Crippen molar-refractivity contribution in [3.63, 3.8) is 0 Å². The minimum atomic E-state index is -0.311. The Morgan fingerprint density at radius 1 is 1.04 bits per heavy atom. The molecule has 1 heterocycles. The third-order valence-corrected chi connectivity index (χ3v) is 4.47. The predicted octanol–water partition coefficient (Wildman–Crippen LogP) is 3.40. The van der Waals surface area contributed by atoms with Gasteiger partial charge in [0.2, 0.25) is 0 Å². The fourth-order valence-corrected chi connectivity index (χ4v) is 3.14. The highest BCUT2D eigenvalue weighted by Gasteiger charge is 2.25. The summed E-state index contributed by atoms with van der Waals surface area (Å²) in [5.41, 5.74) is 1.91. The highest BCUT2D eigenvalue weighted by molar-refractivity contribution is 5.95. The Morgan fingerprint density at radius 3 is 2.25 bits per heavy atom. The average molecular weight is 385 g/mol. The van der Waals surface area contributed by atoms with E-state index in [4.69, 9.17) is 4.74 Å². The predicted molar refractivity (Wildman–Crippen MR) is 105 cm³/mol. The number of halogens is 1. The van der Waals surface area contributed by atoms with Crippen molar-refractivity contribution in [2.45, 2.75) is 32.6 Å². The van der Waals surface area contributed by atoms with E-state index in [1.807, 2.05) is 13.8 Å². The molecule has 1 aliphatic rings. The van der Waals surface area contributed by atoms with Crippen LogP contribution in [0.15, 0.2) is 48.5 Å². The fraction of sp³-hybridized carbons (Fsp3) is 0.333. The van der Waals surface area contributed by atoms with Crippen molar-refractivity contribution in [1.82, 2.24) is 10.2 Å². The molecule has 28 heavy (non-hydrogen) atoms. The summed E-state index contributed by atoms with van der Waals surface area (Å²) in [4.78, 5) is 26.4. The Kier molecular flexibility index (Phi) is 6.26. The van der Waals surface area contributed by atoms with Gasteiger partial charge in [-0.05, 0) is 55.8 Å². The lowest BCUT2D eigenvalue weighted by Crippen LogP contribution is -2.49. The second-order valence-corrected chi connectivity index (χ2v) is 6.98. The van der Waals surface area contributed by atoms with Crippen molar-refractivity contribution in [1.29, 1.82) is 0 Å². The van der Waals surface area contributed by atoms with Gasteiger partial charge in [0.1, 0.15) is 5.82 Å². The zero-order valence-corrected chi connectivity index (χ0v) is 15.9. The third kappa shape index (κ3) is 5.29. The van der Waals surface area contributed by atoms with Gasteiger partial charge in [-0.15, -0.1) is 0 Å². The zero-order chi connectivity index (χ0) is 20.1. The summed E-state index contributed by atoms with van der Waals surface area (Å²) in [7, 11) is 0. The number of carbonyl (C=O) groups is 2. The van der Waals surface area contributed by atoms with Gasteiger partial charge in [-0.2, -0.15) is 0 Å². The van der Waals surface area contributed by atoms with Gasteiger partial charge < -0.3 is 20.3 Å². The summed E-state index contributed by atoms with van der Waals surface area (Å²) >= 11 is 0. The molecule has 0 bridgehead atoms. The Hall–Kier alpha value is -2.93. The first-order chi connectivity index (χ1) is 13.4. The molecular weight excluding hydrogens is 361 g/mol. The van der Waals surface area contributed by atoms with Crippen LogP contribution < -0.4 is 10.6 Å². The first-order valence-electron chi connectivity index (χ1n) is 9.25. The number of rotatable bonds is 4. The summed E-state index contributed by atoms with van der Waals surface area (Å²) in [5.74, 6) is -0.549. The lowest BCUT2D eigenvalue weighted by Gasteiger charge is -2.35. The number of amides is 3. The first-order valence-corrected chi connectivity index (χ1v) is 9.25. The molecule has 0 saturated carbocycles. The lowest BCUT2D eigenvalue weighted by molar-refractivity contribution is -0.0530. The normalized spacial score (nSPS) is 19.2. The molecule has 2 N–H and O–H groups in total. The van der Waals surface area contributed by atoms with Crippen LogP contribution in [-0.4, -0.2) is 42.1 Å². The first kappa shape index (κ1) is 19.8. The molecule has 1 saturated heterocycles. The van der Waals surface area contributed by atoms with Crippen molar-refractivity contribution < 1.29 is 18.7 Å². The molecule has 2 unspecified atom stereocenters. The van der Waals surface area contributed by atoms with Crippen LogP contribution in [-0.2, 0) is 11.3 Å². The summed E-state index contributed by atoms with van der Waals surface area (Å²) < 4.78 is 18.5. The van der Waals surface area contributed by atoms with Gasteiger partial charge in [0.05, 0.1) is 12.2 Å². The van der Waals surface area contributed by atoms with Crippen LogP contribution in [0.25, 0.3) is 0 Å². The van der Waals surface area contributed by atoms with Gasteiger partial charge in [-0.25, -0.2) is 9.18 Å². The van der Waals surface area contributed by atoms with Crippen LogP contribution in [0.2, 0.25) is 0 Å². The molecule has 3 rings (SSSR count). The van der Waals surface area contributed by atoms with Crippen LogP contribution in [0.5, 0.6) is 0 Å². The summed E-state index contributed by atoms with van der Waals surface area (Å²) in [5, 5.41) is 5.63. The molecule has 0 spiro atoms. The van der Waals surface area contributed by atoms with Gasteiger partial charge >= 0.3 is 6.03 Å². The smallest absolute Gasteiger partial charge is 0.322 e. The van der Waals surface area contributed by atoms with E-state index < -0.39 is 0 Å². The van der Waals surface area contributed by atoms with Gasteiger partial charge in [0, 0.05) is 30.9 Å². The second kappa shape index (κ2) is 8.84. The summed E-state index contributed by atoms with van der Waals surface area (Å²) in [6.45, 7) is 5.27. The number of anilines is 1. The van der Waals surface area contributed by atoms with Crippen molar-refractivity contribution in [3.8, 4) is 0 Å². The number of carbonyl (C=O) groups excluding carboxylic acids is 2. The largest absolute Gasteiger partial charge is 0.372 e. The maximum Gasteiger partial charge on any atom is 0.322 e. The minimum absolute atomic E-state index is 0.00155. The van der Waals surface area contributed by atoms with E-state index in [2.05, 4.69) is 10.6 Å². The van der Waals surface area contributed by atoms with Crippen LogP contribution in [0.4, 0.5) is 14.9 Å². The highest BCUT2D eigenvalue weighted by Crippen LogP contribution is 2.15. The van der Waals surface area contributed by atoms with E-state index >= 15 is 0 Å². The Balaban J connectivity index is 1.53. The van der Waals surface area contributed by atoms with Crippen LogP contribution in [0, 0.1) is 5.82 Å². The molecule has 1 aliphatic heterocycles. The maximum atomic E-state index is 12.9. The monoisotopic (exact) mass is 385 g/mol. The van der Waals surface area contributed by atoms with Crippen molar-refractivity contribution in [2.75, 3.05) is 18.4 Å². The van der Waals surface area contributed by atoms with Crippen LogP contribution in [0.1, 0.15) is 29.8 Å². The summed E-state index contributed by atoms with van der Waals surface area (Å²) in [6.07, 6.45) is 0.00311. The number of nitrogens with one attached hydrogen (secondary N) is 2. The molecular formula is C21H24FN3O3. The molecule has 2 atom stereocenters. The van der Waals surface area contributed by atoms with E-state index in [1.165, 1.54) is 12.1 Å². The molecule has 2 aromatic carbocycles. The molecule has 0 aromatic heterocycles. The molecule has 1 fully saturated rings. The second-order valence-electron chi connectivity index (χ2n) is 6.98. The van der Waals surface area contributed by atoms with Crippen molar-refractivity contribution in [2.24, 2.45) is 0 Å². The number of urea groups is 1. The van der Waals surface area contributed by atoms with E-state index in [9.17, 15) is 14.0 Å². The topological polar surface area (TPSA) is 70.7 Å². The quantitative estimate of drug-likeness (QED) is 0.848. The van der Waals surface area contributed by atoms with E-state index in [0.717, 1.165) is 5.56 Å². The van der Waals surface area contributed by atoms with Gasteiger partial charge in [-0.1, -0.05) is 12.1 Å². The Labute approximate surface area is 163 Å². The average Bonchev–Trinajstić information content (AvgIpc) is 2.67. The standard InChI is InChI=1S/C21H24FN3O3/c1-14-12-25(13-15(2)28-14)21(27)24-19-9-5-17(6-10-19)20(26)23-11-16-3-7-18(22)8-4-16/h3-10,14-15H,11-13H2,1-2H3,(H,23,26)(H,24,27). The van der Waals surface area contributed by atoms with Gasteiger partial charge in [-0.3, -0.25) is 4.79 Å². The maximum absolute atomic E-state index is 12.9.